The Morgan fingerprint density at radius 1 is 1.35 bits per heavy atom. The standard InChI is InChI=1S/C12H10NO4/c14-7-3-5-9-4-1-2-6-10(9)13-11(15)8-12(16)17/h1-6H,8H2,(H,13,15)(H,16,17)/b5-3+. The predicted octanol–water partition coefficient (Wildman–Crippen LogP) is 1.22. The first kappa shape index (κ1) is 12.6. The van der Waals surface area contributed by atoms with Crippen molar-refractivity contribution < 1.29 is 19.5 Å². The van der Waals surface area contributed by atoms with Crippen LogP contribution in [0.5, 0.6) is 0 Å². The molecular formula is C12H10NO4. The Balaban J connectivity index is 2.83. The smallest absolute Gasteiger partial charge is 0.312 e. The van der Waals surface area contributed by atoms with Crippen molar-refractivity contribution >= 4 is 29.9 Å². The third-order valence-electron chi connectivity index (χ3n) is 1.88. The Labute approximate surface area is 97.8 Å². The molecule has 0 bridgehead atoms. The van der Waals surface area contributed by atoms with Crippen molar-refractivity contribution in [3.05, 3.63) is 35.9 Å². The van der Waals surface area contributed by atoms with Gasteiger partial charge in [0, 0.05) is 5.69 Å². The lowest BCUT2D eigenvalue weighted by atomic mass is 10.1. The lowest BCUT2D eigenvalue weighted by molar-refractivity contribution is -0.139. The Morgan fingerprint density at radius 2 is 2.06 bits per heavy atom. The van der Waals surface area contributed by atoms with Crippen molar-refractivity contribution in [2.24, 2.45) is 0 Å². The van der Waals surface area contributed by atoms with E-state index < -0.39 is 18.3 Å². The molecule has 0 aliphatic heterocycles. The number of allylic oxidation sites excluding steroid dienone is 1. The normalized spacial score (nSPS) is 10.1. The number of hydrogen-bond acceptors (Lipinski definition) is 3. The summed E-state index contributed by atoms with van der Waals surface area (Å²) in [5.74, 6) is -1.81. The molecule has 0 aliphatic rings. The maximum atomic E-state index is 11.3. The van der Waals surface area contributed by atoms with E-state index in [4.69, 9.17) is 5.11 Å². The second kappa shape index (κ2) is 6.22. The van der Waals surface area contributed by atoms with Gasteiger partial charge < -0.3 is 10.4 Å². The van der Waals surface area contributed by atoms with E-state index in [9.17, 15) is 14.4 Å². The molecule has 1 aromatic rings. The number of carboxylic acids is 1. The highest BCUT2D eigenvalue weighted by molar-refractivity contribution is 6.02. The van der Waals surface area contributed by atoms with Crippen LogP contribution in [0.3, 0.4) is 0 Å². The van der Waals surface area contributed by atoms with Crippen LogP contribution in [-0.4, -0.2) is 23.3 Å². The topological polar surface area (TPSA) is 83.5 Å². The highest BCUT2D eigenvalue weighted by Gasteiger charge is 2.08. The van der Waals surface area contributed by atoms with Crippen molar-refractivity contribution in [2.75, 3.05) is 5.32 Å². The Hall–Kier alpha value is -2.43. The molecule has 1 aromatic carbocycles. The summed E-state index contributed by atoms with van der Waals surface area (Å²) in [7, 11) is 0. The Morgan fingerprint density at radius 3 is 2.71 bits per heavy atom. The van der Waals surface area contributed by atoms with Gasteiger partial charge in [-0.1, -0.05) is 18.2 Å². The molecule has 0 heterocycles. The number of carboxylic acid groups (broad SMARTS) is 1. The maximum absolute atomic E-state index is 11.3. The molecule has 0 aliphatic carbocycles. The predicted molar refractivity (Wildman–Crippen MR) is 62.1 cm³/mol. The average molecular weight is 232 g/mol. The van der Waals surface area contributed by atoms with Gasteiger partial charge >= 0.3 is 5.97 Å². The van der Waals surface area contributed by atoms with Gasteiger partial charge in [0.25, 0.3) is 0 Å². The van der Waals surface area contributed by atoms with Crippen LogP contribution >= 0.6 is 0 Å². The number of nitrogens with one attached hydrogen (secondary N) is 1. The average Bonchev–Trinajstić information content (AvgIpc) is 2.26. The fourth-order valence-corrected chi connectivity index (χ4v) is 1.21. The van der Waals surface area contributed by atoms with E-state index in [1.807, 2.05) is 0 Å². The first-order valence-corrected chi connectivity index (χ1v) is 4.78. The molecule has 5 heteroatoms. The molecule has 0 aromatic heterocycles. The summed E-state index contributed by atoms with van der Waals surface area (Å²) in [4.78, 5) is 31.7. The van der Waals surface area contributed by atoms with Crippen LogP contribution in [0.4, 0.5) is 5.69 Å². The van der Waals surface area contributed by atoms with Gasteiger partial charge in [-0.3, -0.25) is 14.4 Å². The third-order valence-corrected chi connectivity index (χ3v) is 1.88. The van der Waals surface area contributed by atoms with Crippen LogP contribution in [0.2, 0.25) is 0 Å². The molecule has 0 saturated carbocycles. The van der Waals surface area contributed by atoms with Crippen molar-refractivity contribution in [1.82, 2.24) is 0 Å². The Kier molecular flexibility index (Phi) is 4.62. The van der Waals surface area contributed by atoms with Gasteiger partial charge in [0.15, 0.2) is 0 Å². The summed E-state index contributed by atoms with van der Waals surface area (Å²) >= 11 is 0. The lowest BCUT2D eigenvalue weighted by Crippen LogP contribution is -2.16. The number of rotatable bonds is 5. The van der Waals surface area contributed by atoms with Gasteiger partial charge in [0.1, 0.15) is 6.42 Å². The van der Waals surface area contributed by atoms with Crippen molar-refractivity contribution in [3.63, 3.8) is 0 Å². The minimum Gasteiger partial charge on any atom is -0.481 e. The second-order valence-corrected chi connectivity index (χ2v) is 3.16. The monoisotopic (exact) mass is 232 g/mol. The highest BCUT2D eigenvalue weighted by Crippen LogP contribution is 2.16. The first-order valence-electron chi connectivity index (χ1n) is 4.78. The van der Waals surface area contributed by atoms with E-state index in [0.717, 1.165) is 0 Å². The minimum atomic E-state index is -1.20. The van der Waals surface area contributed by atoms with Crippen LogP contribution in [0.15, 0.2) is 30.3 Å². The molecule has 0 saturated heterocycles. The number of benzene rings is 1. The van der Waals surface area contributed by atoms with E-state index in [2.05, 4.69) is 5.32 Å². The van der Waals surface area contributed by atoms with Crippen LogP contribution in [-0.2, 0) is 14.4 Å². The van der Waals surface area contributed by atoms with Gasteiger partial charge in [-0.25, -0.2) is 0 Å². The summed E-state index contributed by atoms with van der Waals surface area (Å²) in [5, 5.41) is 10.9. The number of aliphatic carboxylic acids is 1. The fraction of sp³-hybridized carbons (Fsp3) is 0.0833. The summed E-state index contributed by atoms with van der Waals surface area (Å²) in [5.41, 5.74) is 1.06. The van der Waals surface area contributed by atoms with Crippen LogP contribution in [0.1, 0.15) is 12.0 Å². The molecule has 0 fully saturated rings. The highest BCUT2D eigenvalue weighted by atomic mass is 16.4. The van der Waals surface area contributed by atoms with E-state index >= 15 is 0 Å². The summed E-state index contributed by atoms with van der Waals surface area (Å²) in [6, 6.07) is 6.73. The summed E-state index contributed by atoms with van der Waals surface area (Å²) < 4.78 is 0. The number of amides is 1. The van der Waals surface area contributed by atoms with E-state index in [-0.39, 0.29) is 0 Å². The minimum absolute atomic E-state index is 0.449. The van der Waals surface area contributed by atoms with E-state index in [0.29, 0.717) is 11.3 Å². The molecule has 1 rings (SSSR count). The number of carbonyl (C=O) groups is 2. The molecular weight excluding hydrogens is 222 g/mol. The zero-order chi connectivity index (χ0) is 12.7. The first-order chi connectivity index (χ1) is 8.13. The van der Waals surface area contributed by atoms with Crippen molar-refractivity contribution in [1.29, 1.82) is 0 Å². The molecule has 0 unspecified atom stereocenters. The lowest BCUT2D eigenvalue weighted by Gasteiger charge is -2.06. The zero-order valence-corrected chi connectivity index (χ0v) is 8.84. The fourth-order valence-electron chi connectivity index (χ4n) is 1.21. The number of carbonyl (C=O) groups excluding carboxylic acids is 2. The second-order valence-electron chi connectivity index (χ2n) is 3.16. The van der Waals surface area contributed by atoms with Gasteiger partial charge in [0.2, 0.25) is 12.2 Å². The number of para-hydroxylation sites is 1. The number of anilines is 1. The molecule has 1 radical (unpaired) electrons. The largest absolute Gasteiger partial charge is 0.481 e. The van der Waals surface area contributed by atoms with Gasteiger partial charge in [-0.05, 0) is 23.8 Å². The molecule has 5 nitrogen and oxygen atoms in total. The van der Waals surface area contributed by atoms with Crippen LogP contribution < -0.4 is 5.32 Å². The number of hydrogen-bond donors (Lipinski definition) is 2. The van der Waals surface area contributed by atoms with E-state index in [1.165, 1.54) is 12.2 Å². The van der Waals surface area contributed by atoms with Crippen molar-refractivity contribution in [2.45, 2.75) is 6.42 Å². The molecule has 87 valence electrons. The van der Waals surface area contributed by atoms with Crippen LogP contribution in [0.25, 0.3) is 6.08 Å². The van der Waals surface area contributed by atoms with Crippen molar-refractivity contribution in [3.8, 4) is 0 Å². The molecule has 1 amide bonds. The Bertz CT molecular complexity index is 465. The summed E-state index contributed by atoms with van der Waals surface area (Å²) in [6.45, 7) is 0. The van der Waals surface area contributed by atoms with Gasteiger partial charge in [0.05, 0.1) is 0 Å². The summed E-state index contributed by atoms with van der Waals surface area (Å²) in [6.07, 6.45) is 3.64. The molecule has 17 heavy (non-hydrogen) atoms. The third kappa shape index (κ3) is 4.29. The van der Waals surface area contributed by atoms with E-state index in [1.54, 1.807) is 30.6 Å². The zero-order valence-electron chi connectivity index (χ0n) is 8.84. The SMILES string of the molecule is O=[C]/C=C/c1ccccc1NC(=O)CC(=O)O. The molecule has 2 N–H and O–H groups in total. The van der Waals surface area contributed by atoms with Gasteiger partial charge in [-0.15, -0.1) is 0 Å². The molecule has 0 atom stereocenters. The quantitative estimate of drug-likeness (QED) is 0.590. The maximum Gasteiger partial charge on any atom is 0.312 e. The molecule has 0 spiro atoms. The van der Waals surface area contributed by atoms with Crippen LogP contribution in [0, 0.1) is 0 Å². The van der Waals surface area contributed by atoms with Gasteiger partial charge in [-0.2, -0.15) is 0 Å².